The van der Waals surface area contributed by atoms with Gasteiger partial charge in [0.25, 0.3) is 15.9 Å². The number of sulfonamides is 1. The monoisotopic (exact) mass is 663 g/mol. The van der Waals surface area contributed by atoms with Crippen molar-refractivity contribution in [2.45, 2.75) is 90.2 Å². The van der Waals surface area contributed by atoms with Crippen molar-refractivity contribution in [3.63, 3.8) is 0 Å². The minimum Gasteiger partial charge on any atom is -0.475 e. The number of fused-ring (bicyclic) bond motifs is 4. The van der Waals surface area contributed by atoms with Crippen LogP contribution in [-0.4, -0.2) is 67.1 Å². The third-order valence-corrected chi connectivity index (χ3v) is 10.2. The zero-order valence-electron chi connectivity index (χ0n) is 28.2. The quantitative estimate of drug-likeness (QED) is 0.322. The standard InChI is InChI=1S/C35H45N5O6S/c1-21-10-8-11-22(2)31(21)29-18-30-38-33(37-29)39-47(43,44)28-13-9-12-25(17-28)32(41)40(27(20-46-30)19-35(4,5)6)23(3)14-24-15-26(16-24)36-34(42)45-7/h8-13,17-18,23-24,26-27H,14-16,19-20H2,1-7H3,(H,36,42)(H,37,38,39)/t23?,24?,26?,27-/m1/s1. The van der Waals surface area contributed by atoms with Crippen molar-refractivity contribution < 1.29 is 27.5 Å². The Morgan fingerprint density at radius 3 is 2.45 bits per heavy atom. The Hall–Kier alpha value is -4.19. The summed E-state index contributed by atoms with van der Waals surface area (Å²) in [5.74, 6) is 0.107. The topological polar surface area (TPSA) is 140 Å². The molecule has 5 rings (SSSR count). The molecule has 1 fully saturated rings. The number of anilines is 1. The summed E-state index contributed by atoms with van der Waals surface area (Å²) in [6.45, 7) is 12.5. The number of carbonyl (C=O) groups is 2. The Bertz CT molecular complexity index is 1730. The van der Waals surface area contributed by atoms with Crippen LogP contribution in [0.2, 0.25) is 0 Å². The molecule has 2 heterocycles. The van der Waals surface area contributed by atoms with Gasteiger partial charge >= 0.3 is 6.09 Å². The fourth-order valence-corrected chi connectivity index (χ4v) is 7.72. The molecule has 1 aliphatic heterocycles. The number of nitrogens with one attached hydrogen (secondary N) is 2. The van der Waals surface area contributed by atoms with Crippen LogP contribution in [0.25, 0.3) is 11.3 Å². The van der Waals surface area contributed by atoms with Crippen LogP contribution >= 0.6 is 0 Å². The van der Waals surface area contributed by atoms with E-state index in [1.54, 1.807) is 18.2 Å². The molecule has 0 radical (unpaired) electrons. The predicted molar refractivity (Wildman–Crippen MR) is 180 cm³/mol. The molecule has 12 heteroatoms. The van der Waals surface area contributed by atoms with Crippen LogP contribution in [0.1, 0.15) is 74.9 Å². The highest BCUT2D eigenvalue weighted by Crippen LogP contribution is 2.36. The maximum atomic E-state index is 14.5. The lowest BCUT2D eigenvalue weighted by atomic mass is 9.76. The lowest BCUT2D eigenvalue weighted by molar-refractivity contribution is 0.0339. The van der Waals surface area contributed by atoms with Crippen LogP contribution in [0.15, 0.2) is 53.4 Å². The number of benzene rings is 2. The van der Waals surface area contributed by atoms with Crippen molar-refractivity contribution in [2.24, 2.45) is 11.3 Å². The maximum Gasteiger partial charge on any atom is 0.407 e. The van der Waals surface area contributed by atoms with E-state index in [-0.39, 0.29) is 58.3 Å². The van der Waals surface area contributed by atoms with Crippen molar-refractivity contribution >= 4 is 28.0 Å². The van der Waals surface area contributed by atoms with Gasteiger partial charge in [-0.2, -0.15) is 4.98 Å². The fraction of sp³-hybridized carbons (Fsp3) is 0.486. The van der Waals surface area contributed by atoms with Gasteiger partial charge in [-0.15, -0.1) is 0 Å². The van der Waals surface area contributed by atoms with E-state index in [1.807, 2.05) is 43.9 Å². The van der Waals surface area contributed by atoms with E-state index in [0.29, 0.717) is 24.5 Å². The van der Waals surface area contributed by atoms with Crippen molar-refractivity contribution in [3.8, 4) is 17.1 Å². The molecule has 4 bridgehead atoms. The van der Waals surface area contributed by atoms with Gasteiger partial charge in [-0.05, 0) is 87.1 Å². The van der Waals surface area contributed by atoms with Crippen molar-refractivity contribution in [1.29, 1.82) is 0 Å². The Labute approximate surface area is 277 Å². The number of hydrogen-bond donors (Lipinski definition) is 2. The first-order valence-electron chi connectivity index (χ1n) is 16.0. The summed E-state index contributed by atoms with van der Waals surface area (Å²) in [7, 11) is -2.81. The Morgan fingerprint density at radius 2 is 1.79 bits per heavy atom. The van der Waals surface area contributed by atoms with E-state index in [2.05, 4.69) is 40.8 Å². The largest absolute Gasteiger partial charge is 0.475 e. The number of hydrogen-bond acceptors (Lipinski definition) is 8. The van der Waals surface area contributed by atoms with E-state index in [4.69, 9.17) is 9.47 Å². The van der Waals surface area contributed by atoms with Crippen LogP contribution < -0.4 is 14.8 Å². The number of aromatic nitrogens is 2. The van der Waals surface area contributed by atoms with Crippen LogP contribution in [-0.2, 0) is 14.8 Å². The normalized spacial score (nSPS) is 21.5. The molecule has 252 valence electrons. The molecule has 47 heavy (non-hydrogen) atoms. The Morgan fingerprint density at radius 1 is 1.11 bits per heavy atom. The first-order chi connectivity index (χ1) is 22.1. The van der Waals surface area contributed by atoms with Crippen molar-refractivity contribution in [1.82, 2.24) is 20.2 Å². The third-order valence-electron chi connectivity index (χ3n) is 8.85. The number of ether oxygens (including phenoxy) is 2. The average Bonchev–Trinajstić information content (AvgIpc) is 2.97. The molecule has 2 N–H and O–H groups in total. The number of rotatable bonds is 6. The molecule has 0 saturated heterocycles. The molecule has 2 atom stereocenters. The van der Waals surface area contributed by atoms with Gasteiger partial charge in [0.15, 0.2) is 0 Å². The van der Waals surface area contributed by atoms with Gasteiger partial charge in [-0.1, -0.05) is 45.0 Å². The van der Waals surface area contributed by atoms with Gasteiger partial charge in [0, 0.05) is 29.3 Å². The minimum absolute atomic E-state index is 0.0338. The molecule has 1 aromatic heterocycles. The summed E-state index contributed by atoms with van der Waals surface area (Å²) < 4.78 is 41.0. The maximum absolute atomic E-state index is 14.5. The van der Waals surface area contributed by atoms with Crippen LogP contribution in [0, 0.1) is 25.2 Å². The van der Waals surface area contributed by atoms with Gasteiger partial charge in [-0.3, -0.25) is 4.79 Å². The molecule has 11 nitrogen and oxygen atoms in total. The van der Waals surface area contributed by atoms with Gasteiger partial charge in [0.2, 0.25) is 11.8 Å². The summed E-state index contributed by atoms with van der Waals surface area (Å²) >= 11 is 0. The van der Waals surface area contributed by atoms with Crippen molar-refractivity contribution in [2.75, 3.05) is 18.4 Å². The molecule has 1 aliphatic carbocycles. The molecular formula is C35H45N5O6S. The second kappa shape index (κ2) is 13.5. The first-order valence-corrected chi connectivity index (χ1v) is 17.5. The predicted octanol–water partition coefficient (Wildman–Crippen LogP) is 6.11. The second-order valence-electron chi connectivity index (χ2n) is 14.0. The number of methoxy groups -OCH3 is 1. The van der Waals surface area contributed by atoms with Gasteiger partial charge in [-0.25, -0.2) is 22.9 Å². The van der Waals surface area contributed by atoms with Gasteiger partial charge < -0.3 is 19.7 Å². The SMILES string of the molecule is COC(=O)NC1CC(CC(C)N2C(=O)c3cccc(c3)S(=O)(=O)Nc3nc(cc(-c4c(C)cccc4C)n3)OC[C@H]2CC(C)(C)C)C1. The highest BCUT2D eigenvalue weighted by atomic mass is 32.2. The molecule has 2 aromatic carbocycles. The van der Waals surface area contributed by atoms with E-state index in [0.717, 1.165) is 29.5 Å². The highest BCUT2D eigenvalue weighted by Gasteiger charge is 2.38. The first kappa shape index (κ1) is 34.2. The summed E-state index contributed by atoms with van der Waals surface area (Å²) in [5, 5.41) is 2.85. The van der Waals surface area contributed by atoms with Crippen LogP contribution in [0.3, 0.4) is 0 Å². The summed E-state index contributed by atoms with van der Waals surface area (Å²) in [6.07, 6.45) is 2.45. The molecule has 3 aromatic rings. The lowest BCUT2D eigenvalue weighted by Crippen LogP contribution is -2.52. The van der Waals surface area contributed by atoms with Gasteiger partial charge in [0.1, 0.15) is 6.61 Å². The van der Waals surface area contributed by atoms with E-state index >= 15 is 0 Å². The number of aryl methyl sites for hydroxylation is 2. The zero-order valence-corrected chi connectivity index (χ0v) is 29.0. The lowest BCUT2D eigenvalue weighted by Gasteiger charge is -2.43. The second-order valence-corrected chi connectivity index (χ2v) is 15.7. The number of alkyl carbamates (subject to hydrolysis) is 1. The molecule has 2 amide bonds. The molecule has 1 unspecified atom stereocenters. The van der Waals surface area contributed by atoms with Gasteiger partial charge in [0.05, 0.1) is 23.7 Å². The number of amides is 2. The third kappa shape index (κ3) is 8.04. The summed E-state index contributed by atoms with van der Waals surface area (Å²) in [5.41, 5.74) is 3.44. The summed E-state index contributed by atoms with van der Waals surface area (Å²) in [4.78, 5) is 37.0. The van der Waals surface area contributed by atoms with Crippen LogP contribution in [0.5, 0.6) is 5.88 Å². The highest BCUT2D eigenvalue weighted by molar-refractivity contribution is 7.92. The molecule has 0 spiro atoms. The molecule has 1 saturated carbocycles. The minimum atomic E-state index is -4.16. The molecule has 2 aliphatic rings. The van der Waals surface area contributed by atoms with E-state index < -0.39 is 16.1 Å². The van der Waals surface area contributed by atoms with E-state index in [9.17, 15) is 18.0 Å². The Kier molecular flexibility index (Phi) is 9.81. The molecular weight excluding hydrogens is 618 g/mol. The van der Waals surface area contributed by atoms with Crippen LogP contribution in [0.4, 0.5) is 10.7 Å². The zero-order chi connectivity index (χ0) is 34.1. The van der Waals surface area contributed by atoms with Crippen molar-refractivity contribution in [3.05, 3.63) is 65.2 Å². The number of carbonyl (C=O) groups excluding carboxylic acids is 2. The van der Waals surface area contributed by atoms with E-state index in [1.165, 1.54) is 19.2 Å². The summed E-state index contributed by atoms with van der Waals surface area (Å²) in [6, 6.07) is 13.2. The Balaban J connectivity index is 1.57. The fourth-order valence-electron chi connectivity index (χ4n) is 6.74. The average molecular weight is 664 g/mol. The number of nitrogens with zero attached hydrogens (tertiary/aromatic N) is 3. The smallest absolute Gasteiger partial charge is 0.407 e.